The molecule has 0 saturated heterocycles. The highest BCUT2D eigenvalue weighted by atomic mass is 32.2. The number of amides is 5. The molecule has 0 aliphatic heterocycles. The van der Waals surface area contributed by atoms with Crippen molar-refractivity contribution in [3.8, 4) is 0 Å². The molecule has 0 bridgehead atoms. The van der Waals surface area contributed by atoms with E-state index in [4.69, 9.17) is 22.9 Å². The Bertz CT molecular complexity index is 753. The number of hydrogen-bond donors (Lipinski definition) is 8. The summed E-state index contributed by atoms with van der Waals surface area (Å²) in [7, 11) is 0. The van der Waals surface area contributed by atoms with Crippen molar-refractivity contribution in [3.63, 3.8) is 0 Å². The molecule has 15 heteroatoms. The van der Waals surface area contributed by atoms with Gasteiger partial charge in [0.2, 0.25) is 29.5 Å². The van der Waals surface area contributed by atoms with E-state index in [1.165, 1.54) is 11.8 Å². The van der Waals surface area contributed by atoms with Crippen molar-refractivity contribution in [2.45, 2.75) is 69.1 Å². The predicted molar refractivity (Wildman–Crippen MR) is 130 cm³/mol. The minimum Gasteiger partial charge on any atom is -0.480 e. The van der Waals surface area contributed by atoms with Crippen LogP contribution in [-0.2, 0) is 28.8 Å². The molecular weight excluding hydrogens is 482 g/mol. The van der Waals surface area contributed by atoms with Gasteiger partial charge in [-0.1, -0.05) is 0 Å². The van der Waals surface area contributed by atoms with E-state index in [2.05, 4.69) is 16.0 Å². The van der Waals surface area contributed by atoms with Crippen LogP contribution in [-0.4, -0.2) is 83.3 Å². The normalized spacial score (nSPS) is 14.1. The molecule has 5 amide bonds. The van der Waals surface area contributed by atoms with Gasteiger partial charge in [0.25, 0.3) is 0 Å². The van der Waals surface area contributed by atoms with E-state index in [1.54, 1.807) is 6.26 Å². The second kappa shape index (κ2) is 17.5. The molecule has 0 rings (SSSR count). The summed E-state index contributed by atoms with van der Waals surface area (Å²) in [5.74, 6) is -4.59. The molecule has 4 unspecified atom stereocenters. The highest BCUT2D eigenvalue weighted by Gasteiger charge is 2.30. The number of carboxylic acid groups (broad SMARTS) is 1. The van der Waals surface area contributed by atoms with E-state index in [1.807, 2.05) is 0 Å². The number of carbonyl (C=O) groups is 6. The molecule has 0 spiro atoms. The summed E-state index contributed by atoms with van der Waals surface area (Å²) in [6, 6.07) is -4.83. The largest absolute Gasteiger partial charge is 0.480 e. The monoisotopic (exact) mass is 519 g/mol. The first kappa shape index (κ1) is 32.1. The van der Waals surface area contributed by atoms with Crippen LogP contribution in [0, 0.1) is 0 Å². The fraction of sp³-hybridized carbons (Fsp3) is 0.700. The molecule has 4 atom stereocenters. The van der Waals surface area contributed by atoms with E-state index in [9.17, 15) is 33.9 Å². The third-order valence-electron chi connectivity index (χ3n) is 4.88. The third kappa shape index (κ3) is 14.2. The second-order valence-corrected chi connectivity index (χ2v) is 8.86. The maximum atomic E-state index is 13.0. The number of carboxylic acids is 1. The average molecular weight is 520 g/mol. The zero-order chi connectivity index (χ0) is 27.0. The number of aliphatic carboxylic acids is 1. The fourth-order valence-corrected chi connectivity index (χ4v) is 3.41. The molecule has 0 heterocycles. The van der Waals surface area contributed by atoms with Crippen molar-refractivity contribution in [2.24, 2.45) is 22.9 Å². The maximum absolute atomic E-state index is 13.0. The lowest BCUT2D eigenvalue weighted by atomic mass is 10.1. The molecular formula is C20H37N7O7S. The van der Waals surface area contributed by atoms with Crippen LogP contribution in [0.2, 0.25) is 0 Å². The molecule has 200 valence electrons. The Morgan fingerprint density at radius 1 is 0.800 bits per heavy atom. The van der Waals surface area contributed by atoms with Gasteiger partial charge in [0.05, 0.1) is 12.5 Å². The van der Waals surface area contributed by atoms with Gasteiger partial charge in [-0.25, -0.2) is 4.79 Å². The zero-order valence-corrected chi connectivity index (χ0v) is 20.6. The predicted octanol–water partition coefficient (Wildman–Crippen LogP) is -3.12. The SMILES string of the molecule is CSCCC(NC(=O)C(N)CC(N)=O)C(=O)NC(CCCCN)C(=O)NC(CCC(N)=O)C(=O)O. The first-order chi connectivity index (χ1) is 16.4. The standard InChI is InChI=1S/C20H37N7O7S/c1-35-9-7-13(25-17(30)11(22)10-16(24)29)19(32)26-12(4-2-3-8-21)18(31)27-14(20(33)34)5-6-15(23)28/h11-14H,2-10,21-22H2,1H3,(H2,23,28)(H2,24,29)(H,25,30)(H,26,32)(H,27,31)(H,33,34). The van der Waals surface area contributed by atoms with Crippen molar-refractivity contribution in [3.05, 3.63) is 0 Å². The van der Waals surface area contributed by atoms with Crippen molar-refractivity contribution >= 4 is 47.3 Å². The van der Waals surface area contributed by atoms with Gasteiger partial charge in [0, 0.05) is 6.42 Å². The van der Waals surface area contributed by atoms with Gasteiger partial charge in [0.15, 0.2) is 0 Å². The van der Waals surface area contributed by atoms with Gasteiger partial charge < -0.3 is 44.0 Å². The van der Waals surface area contributed by atoms with Gasteiger partial charge >= 0.3 is 5.97 Å². The van der Waals surface area contributed by atoms with Crippen LogP contribution in [0.3, 0.4) is 0 Å². The molecule has 0 aromatic rings. The number of thioether (sulfide) groups is 1. The van der Waals surface area contributed by atoms with Gasteiger partial charge in [-0.3, -0.25) is 24.0 Å². The zero-order valence-electron chi connectivity index (χ0n) is 19.8. The molecule has 14 nitrogen and oxygen atoms in total. The quantitative estimate of drug-likeness (QED) is 0.0795. The van der Waals surface area contributed by atoms with Gasteiger partial charge in [0.1, 0.15) is 18.1 Å². The van der Waals surface area contributed by atoms with Crippen LogP contribution < -0.4 is 38.9 Å². The first-order valence-electron chi connectivity index (χ1n) is 11.1. The number of carbonyl (C=O) groups excluding carboxylic acids is 5. The van der Waals surface area contributed by atoms with Crippen molar-refractivity contribution < 1.29 is 33.9 Å². The summed E-state index contributed by atoms with van der Waals surface area (Å²) in [6.07, 6.45) is 2.29. The Morgan fingerprint density at radius 3 is 1.83 bits per heavy atom. The van der Waals surface area contributed by atoms with E-state index in [0.717, 1.165) is 0 Å². The van der Waals surface area contributed by atoms with Crippen LogP contribution in [0.15, 0.2) is 0 Å². The Balaban J connectivity index is 5.49. The summed E-state index contributed by atoms with van der Waals surface area (Å²) >= 11 is 1.42. The number of hydrogen-bond acceptors (Lipinski definition) is 9. The van der Waals surface area contributed by atoms with E-state index in [-0.39, 0.29) is 25.7 Å². The molecule has 0 aromatic carbocycles. The lowest BCUT2D eigenvalue weighted by Crippen LogP contribution is -2.57. The minimum absolute atomic E-state index is 0.154. The summed E-state index contributed by atoms with van der Waals surface area (Å²) in [5.41, 5.74) is 21.3. The lowest BCUT2D eigenvalue weighted by molar-refractivity contribution is -0.142. The molecule has 0 radical (unpaired) electrons. The van der Waals surface area contributed by atoms with Crippen molar-refractivity contribution in [1.29, 1.82) is 0 Å². The van der Waals surface area contributed by atoms with E-state index >= 15 is 0 Å². The highest BCUT2D eigenvalue weighted by Crippen LogP contribution is 2.07. The average Bonchev–Trinajstić information content (AvgIpc) is 2.77. The molecule has 0 aromatic heterocycles. The first-order valence-corrected chi connectivity index (χ1v) is 12.5. The Labute approximate surface area is 208 Å². The minimum atomic E-state index is -1.39. The highest BCUT2D eigenvalue weighted by molar-refractivity contribution is 7.98. The topological polar surface area (TPSA) is 263 Å². The van der Waals surface area contributed by atoms with Crippen LogP contribution >= 0.6 is 11.8 Å². The number of nitrogens with two attached hydrogens (primary N) is 4. The van der Waals surface area contributed by atoms with E-state index < -0.39 is 66.1 Å². The summed E-state index contributed by atoms with van der Waals surface area (Å²) in [5, 5.41) is 16.7. The smallest absolute Gasteiger partial charge is 0.326 e. The number of nitrogens with one attached hydrogen (secondary N) is 3. The van der Waals surface area contributed by atoms with Crippen LogP contribution in [0.25, 0.3) is 0 Å². The Hall–Kier alpha value is -2.91. The maximum Gasteiger partial charge on any atom is 0.326 e. The van der Waals surface area contributed by atoms with Crippen LogP contribution in [0.4, 0.5) is 0 Å². The van der Waals surface area contributed by atoms with Gasteiger partial charge in [-0.15, -0.1) is 0 Å². The fourth-order valence-electron chi connectivity index (χ4n) is 2.94. The van der Waals surface area contributed by atoms with Gasteiger partial charge in [-0.05, 0) is 50.7 Å². The molecule has 12 N–H and O–H groups in total. The van der Waals surface area contributed by atoms with Crippen molar-refractivity contribution in [1.82, 2.24) is 16.0 Å². The Kier molecular flexibility index (Phi) is 16.1. The molecule has 0 aliphatic rings. The third-order valence-corrected chi connectivity index (χ3v) is 5.52. The molecule has 0 aliphatic carbocycles. The lowest BCUT2D eigenvalue weighted by Gasteiger charge is -2.25. The molecule has 0 fully saturated rings. The van der Waals surface area contributed by atoms with Crippen LogP contribution in [0.5, 0.6) is 0 Å². The number of unbranched alkanes of at least 4 members (excludes halogenated alkanes) is 1. The Morgan fingerprint density at radius 2 is 1.34 bits per heavy atom. The number of rotatable bonds is 19. The number of primary amides is 2. The summed E-state index contributed by atoms with van der Waals surface area (Å²) in [4.78, 5) is 71.6. The van der Waals surface area contributed by atoms with E-state index in [0.29, 0.717) is 25.1 Å². The second-order valence-electron chi connectivity index (χ2n) is 7.87. The summed E-state index contributed by atoms with van der Waals surface area (Å²) in [6.45, 7) is 0.350. The summed E-state index contributed by atoms with van der Waals surface area (Å²) < 4.78 is 0. The van der Waals surface area contributed by atoms with Crippen LogP contribution in [0.1, 0.15) is 44.9 Å². The van der Waals surface area contributed by atoms with Gasteiger partial charge in [-0.2, -0.15) is 11.8 Å². The molecule has 35 heavy (non-hydrogen) atoms. The molecule has 0 saturated carbocycles. The van der Waals surface area contributed by atoms with Crippen molar-refractivity contribution in [2.75, 3.05) is 18.6 Å².